The molecule has 0 saturated carbocycles. The minimum atomic E-state index is -0.514. The average Bonchev–Trinajstić information content (AvgIpc) is 3.04. The Morgan fingerprint density at radius 3 is 2.74 bits per heavy atom. The number of nitrogens with zero attached hydrogens (tertiary/aromatic N) is 2. The quantitative estimate of drug-likeness (QED) is 0.795. The summed E-state index contributed by atoms with van der Waals surface area (Å²) in [5.41, 5.74) is 1.84. The van der Waals surface area contributed by atoms with Crippen LogP contribution in [0.1, 0.15) is 35.1 Å². The number of carbonyl (C=O) groups excluding carboxylic acids is 1. The highest BCUT2D eigenvalue weighted by Gasteiger charge is 2.27. The molecule has 1 N–H and O–H groups in total. The van der Waals surface area contributed by atoms with E-state index in [0.29, 0.717) is 11.3 Å². The van der Waals surface area contributed by atoms with Gasteiger partial charge in [0, 0.05) is 10.3 Å². The van der Waals surface area contributed by atoms with Gasteiger partial charge < -0.3 is 9.84 Å². The Morgan fingerprint density at radius 1 is 1.30 bits per heavy atom. The van der Waals surface area contributed by atoms with Crippen molar-refractivity contribution in [2.24, 2.45) is 0 Å². The predicted molar refractivity (Wildman–Crippen MR) is 90.5 cm³/mol. The number of aryl methyl sites for hydroxylation is 2. The van der Waals surface area contributed by atoms with E-state index in [1.54, 1.807) is 11.3 Å². The third-order valence-corrected chi connectivity index (χ3v) is 5.19. The fraction of sp³-hybridized carbons (Fsp3) is 0.353. The van der Waals surface area contributed by atoms with Gasteiger partial charge in [0.1, 0.15) is 10.7 Å². The topological polar surface area (TPSA) is 68.0 Å². The monoisotopic (exact) mass is 329 g/mol. The number of hydrogen-bond acceptors (Lipinski definition) is 5. The molecule has 3 rings (SSSR count). The van der Waals surface area contributed by atoms with Crippen molar-refractivity contribution in [1.29, 1.82) is 0 Å². The highest BCUT2D eigenvalue weighted by molar-refractivity contribution is 7.11. The molecule has 0 aliphatic rings. The van der Waals surface area contributed by atoms with Gasteiger partial charge >= 0.3 is 0 Å². The van der Waals surface area contributed by atoms with E-state index in [1.165, 1.54) is 4.88 Å². The maximum atomic E-state index is 12.4. The van der Waals surface area contributed by atoms with Crippen molar-refractivity contribution >= 4 is 28.2 Å². The highest BCUT2D eigenvalue weighted by Crippen LogP contribution is 2.27. The number of para-hydroxylation sites is 1. The number of rotatable bonds is 4. The molecule has 0 aliphatic heterocycles. The van der Waals surface area contributed by atoms with E-state index in [0.717, 1.165) is 16.1 Å². The molecule has 0 aliphatic carbocycles. The first-order chi connectivity index (χ1) is 10.9. The minimum Gasteiger partial charge on any atom is -0.356 e. The fourth-order valence-corrected chi connectivity index (χ4v) is 3.38. The Morgan fingerprint density at radius 2 is 2.04 bits per heavy atom. The van der Waals surface area contributed by atoms with Crippen LogP contribution >= 0.6 is 11.3 Å². The molecule has 1 amide bonds. The number of hydrogen-bond donors (Lipinski definition) is 1. The van der Waals surface area contributed by atoms with Gasteiger partial charge in [0.15, 0.2) is 5.58 Å². The number of benzene rings is 1. The number of nitrogens with one attached hydrogen (secondary N) is 1. The second-order valence-corrected chi connectivity index (χ2v) is 7.34. The van der Waals surface area contributed by atoms with E-state index >= 15 is 0 Å². The molecular weight excluding hydrogens is 310 g/mol. The number of thiazole rings is 1. The summed E-state index contributed by atoms with van der Waals surface area (Å²) in [6.07, 6.45) is 0.184. The maximum Gasteiger partial charge on any atom is 0.226 e. The third kappa shape index (κ3) is 3.12. The second-order valence-electron chi connectivity index (χ2n) is 6.14. The molecular formula is C17H19N3O2S. The van der Waals surface area contributed by atoms with Crippen molar-refractivity contribution in [3.63, 3.8) is 0 Å². The Labute approximate surface area is 138 Å². The van der Waals surface area contributed by atoms with E-state index in [2.05, 4.69) is 15.5 Å². The van der Waals surface area contributed by atoms with Gasteiger partial charge in [0.05, 0.1) is 17.7 Å². The Hall–Kier alpha value is -2.21. The lowest BCUT2D eigenvalue weighted by Gasteiger charge is -2.23. The minimum absolute atomic E-state index is 0.0976. The zero-order valence-electron chi connectivity index (χ0n) is 13.6. The summed E-state index contributed by atoms with van der Waals surface area (Å²) in [6, 6.07) is 7.54. The number of carbonyl (C=O) groups is 1. The molecule has 0 atom stereocenters. The van der Waals surface area contributed by atoms with Gasteiger partial charge in [-0.25, -0.2) is 4.98 Å². The molecule has 0 radical (unpaired) electrons. The SMILES string of the molecule is Cc1nc(C(C)(C)NC(=O)Cc2noc3ccccc23)sc1C. The summed E-state index contributed by atoms with van der Waals surface area (Å²) >= 11 is 1.61. The van der Waals surface area contributed by atoms with Gasteiger partial charge in [0.2, 0.25) is 5.91 Å². The van der Waals surface area contributed by atoms with E-state index in [-0.39, 0.29) is 12.3 Å². The number of aromatic nitrogens is 2. The van der Waals surface area contributed by atoms with E-state index in [4.69, 9.17) is 4.52 Å². The summed E-state index contributed by atoms with van der Waals surface area (Å²) in [4.78, 5) is 18.1. The molecule has 0 bridgehead atoms. The predicted octanol–water partition coefficient (Wildman–Crippen LogP) is 3.50. The molecule has 2 heterocycles. The van der Waals surface area contributed by atoms with E-state index in [9.17, 15) is 4.79 Å². The first kappa shape index (κ1) is 15.7. The van der Waals surface area contributed by atoms with Crippen LogP contribution in [0.2, 0.25) is 0 Å². The molecule has 23 heavy (non-hydrogen) atoms. The summed E-state index contributed by atoms with van der Waals surface area (Å²) in [7, 11) is 0. The molecule has 3 aromatic rings. The van der Waals surface area contributed by atoms with Crippen LogP contribution in [0.5, 0.6) is 0 Å². The maximum absolute atomic E-state index is 12.4. The first-order valence-corrected chi connectivity index (χ1v) is 8.27. The molecule has 0 fully saturated rings. The average molecular weight is 329 g/mol. The molecule has 1 aromatic carbocycles. The molecule has 120 valence electrons. The zero-order chi connectivity index (χ0) is 16.6. The molecule has 0 saturated heterocycles. The number of amides is 1. The summed E-state index contributed by atoms with van der Waals surface area (Å²) in [6.45, 7) is 7.94. The van der Waals surface area contributed by atoms with Crippen LogP contribution < -0.4 is 5.32 Å². The largest absolute Gasteiger partial charge is 0.356 e. The standard InChI is InChI=1S/C17H19N3O2S/c1-10-11(2)23-16(18-10)17(3,4)19-15(21)9-13-12-7-5-6-8-14(12)22-20-13/h5-8H,9H2,1-4H3,(H,19,21). The summed E-state index contributed by atoms with van der Waals surface area (Å²) < 4.78 is 5.24. The Balaban J connectivity index is 1.76. The van der Waals surface area contributed by atoms with Crippen molar-refractivity contribution < 1.29 is 9.32 Å². The van der Waals surface area contributed by atoms with Crippen LogP contribution in [0.15, 0.2) is 28.8 Å². The van der Waals surface area contributed by atoms with Crippen LogP contribution in [0.3, 0.4) is 0 Å². The van der Waals surface area contributed by atoms with E-state index < -0.39 is 5.54 Å². The van der Waals surface area contributed by atoms with Gasteiger partial charge in [-0.1, -0.05) is 17.3 Å². The van der Waals surface area contributed by atoms with Crippen molar-refractivity contribution in [2.45, 2.75) is 39.7 Å². The van der Waals surface area contributed by atoms with Crippen molar-refractivity contribution in [3.8, 4) is 0 Å². The van der Waals surface area contributed by atoms with Crippen molar-refractivity contribution in [2.75, 3.05) is 0 Å². The van der Waals surface area contributed by atoms with Crippen molar-refractivity contribution in [3.05, 3.63) is 45.5 Å². The second kappa shape index (κ2) is 5.77. The van der Waals surface area contributed by atoms with Crippen LogP contribution in [0.25, 0.3) is 11.0 Å². The smallest absolute Gasteiger partial charge is 0.226 e. The number of fused-ring (bicyclic) bond motifs is 1. The van der Waals surface area contributed by atoms with Gasteiger partial charge in [0.25, 0.3) is 0 Å². The van der Waals surface area contributed by atoms with Gasteiger partial charge in [-0.15, -0.1) is 11.3 Å². The molecule has 6 heteroatoms. The lowest BCUT2D eigenvalue weighted by Crippen LogP contribution is -2.41. The van der Waals surface area contributed by atoms with Crippen LogP contribution in [0.4, 0.5) is 0 Å². The molecule has 5 nitrogen and oxygen atoms in total. The highest BCUT2D eigenvalue weighted by atomic mass is 32.1. The summed E-state index contributed by atoms with van der Waals surface area (Å²) in [5.74, 6) is -0.0976. The molecule has 0 unspecified atom stereocenters. The molecule has 2 aromatic heterocycles. The van der Waals surface area contributed by atoms with Crippen molar-refractivity contribution in [1.82, 2.24) is 15.5 Å². The van der Waals surface area contributed by atoms with Gasteiger partial charge in [-0.2, -0.15) is 0 Å². The first-order valence-electron chi connectivity index (χ1n) is 7.45. The summed E-state index contributed by atoms with van der Waals surface area (Å²) in [5, 5.41) is 8.84. The lowest BCUT2D eigenvalue weighted by atomic mass is 10.1. The Bertz CT molecular complexity index is 844. The van der Waals surface area contributed by atoms with Crippen LogP contribution in [0, 0.1) is 13.8 Å². The fourth-order valence-electron chi connectivity index (χ4n) is 2.40. The Kier molecular flexibility index (Phi) is 3.93. The van der Waals surface area contributed by atoms with Crippen LogP contribution in [-0.4, -0.2) is 16.0 Å². The molecule has 0 spiro atoms. The normalized spacial score (nSPS) is 11.8. The van der Waals surface area contributed by atoms with Gasteiger partial charge in [-0.3, -0.25) is 4.79 Å². The van der Waals surface area contributed by atoms with Gasteiger partial charge in [-0.05, 0) is 39.8 Å². The third-order valence-electron chi connectivity index (χ3n) is 3.80. The van der Waals surface area contributed by atoms with Crippen LogP contribution in [-0.2, 0) is 16.8 Å². The zero-order valence-corrected chi connectivity index (χ0v) is 14.5. The van der Waals surface area contributed by atoms with E-state index in [1.807, 2.05) is 52.0 Å². The lowest BCUT2D eigenvalue weighted by molar-refractivity contribution is -0.122.